The van der Waals surface area contributed by atoms with Crippen LogP contribution in [0, 0.1) is 0 Å². The van der Waals surface area contributed by atoms with Crippen molar-refractivity contribution in [1.82, 2.24) is 10.6 Å². The van der Waals surface area contributed by atoms with E-state index in [9.17, 15) is 9.59 Å². The fourth-order valence-electron chi connectivity index (χ4n) is 4.93. The standard InChI is InChI=1S/C28H31N3O2.ClH/c1-18(29-2)27(32)30-24-16-15-20-7-3-4-12-25(20)31(28(24)33)17-22-10-5-8-21-9-6-11-23(26(21)22)19-13-14-19;/h3-12,18-19,24,29H,13-17H2,1-2H3,(H,30,32);1H/t18-,24-;/m0./s1. The maximum absolute atomic E-state index is 13.8. The molecule has 0 radical (unpaired) electrons. The number of para-hydroxylation sites is 1. The molecule has 0 saturated heterocycles. The summed E-state index contributed by atoms with van der Waals surface area (Å²) >= 11 is 0. The number of nitrogens with zero attached hydrogens (tertiary/aromatic N) is 1. The second kappa shape index (κ2) is 10.2. The maximum Gasteiger partial charge on any atom is 0.249 e. The summed E-state index contributed by atoms with van der Waals surface area (Å²) in [6.45, 7) is 2.30. The number of likely N-dealkylation sites (N-methyl/N-ethyl adjacent to an activating group) is 1. The van der Waals surface area contributed by atoms with Gasteiger partial charge in [-0.1, -0.05) is 54.6 Å². The smallest absolute Gasteiger partial charge is 0.249 e. The molecule has 0 aromatic heterocycles. The Morgan fingerprint density at radius 3 is 2.50 bits per heavy atom. The summed E-state index contributed by atoms with van der Waals surface area (Å²) in [5.41, 5.74) is 4.65. The monoisotopic (exact) mass is 477 g/mol. The molecule has 178 valence electrons. The molecule has 1 saturated carbocycles. The molecule has 1 fully saturated rings. The summed E-state index contributed by atoms with van der Waals surface area (Å²) in [5, 5.41) is 8.45. The van der Waals surface area contributed by atoms with Gasteiger partial charge in [-0.2, -0.15) is 0 Å². The average molecular weight is 478 g/mol. The number of anilines is 1. The van der Waals surface area contributed by atoms with Crippen molar-refractivity contribution in [1.29, 1.82) is 0 Å². The van der Waals surface area contributed by atoms with Gasteiger partial charge in [0.15, 0.2) is 0 Å². The van der Waals surface area contributed by atoms with E-state index in [4.69, 9.17) is 0 Å². The predicted octanol–water partition coefficient (Wildman–Crippen LogP) is 4.71. The third-order valence-electron chi connectivity index (χ3n) is 7.06. The minimum Gasteiger partial charge on any atom is -0.343 e. The number of carbonyl (C=O) groups excluding carboxylic acids is 2. The number of fused-ring (bicyclic) bond motifs is 2. The minimum atomic E-state index is -0.543. The second-order valence-electron chi connectivity index (χ2n) is 9.30. The molecule has 1 aliphatic carbocycles. The summed E-state index contributed by atoms with van der Waals surface area (Å²) in [5.74, 6) is 0.428. The molecule has 34 heavy (non-hydrogen) atoms. The molecule has 5 rings (SSSR count). The number of nitrogens with one attached hydrogen (secondary N) is 2. The molecule has 2 atom stereocenters. The zero-order valence-corrected chi connectivity index (χ0v) is 20.5. The molecule has 5 nitrogen and oxygen atoms in total. The number of benzene rings is 3. The topological polar surface area (TPSA) is 61.4 Å². The van der Waals surface area contributed by atoms with E-state index in [0.29, 0.717) is 18.9 Å². The van der Waals surface area contributed by atoms with E-state index in [1.165, 1.54) is 29.2 Å². The molecule has 3 aromatic carbocycles. The van der Waals surface area contributed by atoms with Crippen molar-refractivity contribution in [2.45, 2.75) is 57.2 Å². The summed E-state index contributed by atoms with van der Waals surface area (Å²) in [6.07, 6.45) is 3.81. The lowest BCUT2D eigenvalue weighted by Gasteiger charge is -2.28. The lowest BCUT2D eigenvalue weighted by Crippen LogP contribution is -2.52. The SMILES string of the molecule is CN[C@@H](C)C(=O)N[C@H]1CCc2ccccc2N(Cc2cccc3cccc(C4CC4)c23)C1=O.Cl. The fourth-order valence-corrected chi connectivity index (χ4v) is 4.93. The molecule has 3 aromatic rings. The predicted molar refractivity (Wildman–Crippen MR) is 140 cm³/mol. The summed E-state index contributed by atoms with van der Waals surface area (Å²) in [7, 11) is 1.75. The van der Waals surface area contributed by atoms with Crippen LogP contribution in [0.5, 0.6) is 0 Å². The van der Waals surface area contributed by atoms with E-state index < -0.39 is 6.04 Å². The number of amides is 2. The zero-order chi connectivity index (χ0) is 22.9. The van der Waals surface area contributed by atoms with Gasteiger partial charge in [-0.15, -0.1) is 12.4 Å². The van der Waals surface area contributed by atoms with Crippen LogP contribution in [0.25, 0.3) is 10.8 Å². The van der Waals surface area contributed by atoms with Gasteiger partial charge in [0, 0.05) is 5.69 Å². The van der Waals surface area contributed by atoms with E-state index in [2.05, 4.69) is 53.1 Å². The van der Waals surface area contributed by atoms with Crippen LogP contribution in [0.4, 0.5) is 5.69 Å². The number of halogens is 1. The van der Waals surface area contributed by atoms with Crippen LogP contribution in [0.1, 0.15) is 48.8 Å². The molecule has 1 heterocycles. The van der Waals surface area contributed by atoms with Gasteiger partial charge in [0.2, 0.25) is 11.8 Å². The fraction of sp³-hybridized carbons (Fsp3) is 0.357. The Labute approximate surface area is 207 Å². The lowest BCUT2D eigenvalue weighted by atomic mass is 9.96. The quantitative estimate of drug-likeness (QED) is 0.540. The molecular weight excluding hydrogens is 446 g/mol. The number of hydrogen-bond acceptors (Lipinski definition) is 3. The van der Waals surface area contributed by atoms with Crippen LogP contribution in [0.2, 0.25) is 0 Å². The Kier molecular flexibility index (Phi) is 7.24. The van der Waals surface area contributed by atoms with Crippen molar-refractivity contribution in [2.24, 2.45) is 0 Å². The van der Waals surface area contributed by atoms with Crippen molar-refractivity contribution < 1.29 is 9.59 Å². The minimum absolute atomic E-state index is 0. The van der Waals surface area contributed by atoms with Crippen LogP contribution in [0.15, 0.2) is 60.7 Å². The van der Waals surface area contributed by atoms with E-state index in [-0.39, 0.29) is 30.3 Å². The van der Waals surface area contributed by atoms with E-state index in [1.54, 1.807) is 14.0 Å². The summed E-state index contributed by atoms with van der Waals surface area (Å²) < 4.78 is 0. The average Bonchev–Trinajstić information content (AvgIpc) is 3.69. The highest BCUT2D eigenvalue weighted by atomic mass is 35.5. The summed E-state index contributed by atoms with van der Waals surface area (Å²) in [6, 6.07) is 20.2. The van der Waals surface area contributed by atoms with E-state index in [1.807, 2.05) is 23.1 Å². The Balaban J connectivity index is 0.00000274. The van der Waals surface area contributed by atoms with E-state index in [0.717, 1.165) is 23.2 Å². The Hall–Kier alpha value is -2.89. The zero-order valence-electron chi connectivity index (χ0n) is 19.7. The first kappa shape index (κ1) is 24.2. The van der Waals surface area contributed by atoms with Gasteiger partial charge in [-0.3, -0.25) is 9.59 Å². The first-order valence-corrected chi connectivity index (χ1v) is 11.9. The number of hydrogen-bond donors (Lipinski definition) is 2. The van der Waals surface area contributed by atoms with Gasteiger partial charge >= 0.3 is 0 Å². The first-order valence-electron chi connectivity index (χ1n) is 11.9. The van der Waals surface area contributed by atoms with Gasteiger partial charge in [0.05, 0.1) is 12.6 Å². The van der Waals surface area contributed by atoms with Gasteiger partial charge in [0.25, 0.3) is 0 Å². The van der Waals surface area contributed by atoms with E-state index >= 15 is 0 Å². The van der Waals surface area contributed by atoms with Gasteiger partial charge < -0.3 is 15.5 Å². The highest BCUT2D eigenvalue weighted by Crippen LogP contribution is 2.44. The van der Waals surface area contributed by atoms with Crippen molar-refractivity contribution in [3.8, 4) is 0 Å². The van der Waals surface area contributed by atoms with Crippen molar-refractivity contribution in [2.75, 3.05) is 11.9 Å². The lowest BCUT2D eigenvalue weighted by molar-refractivity contribution is -0.128. The largest absolute Gasteiger partial charge is 0.343 e. The van der Waals surface area contributed by atoms with Crippen molar-refractivity contribution >= 4 is 40.7 Å². The number of rotatable bonds is 6. The molecule has 0 bridgehead atoms. The van der Waals surface area contributed by atoms with Crippen LogP contribution in [-0.4, -0.2) is 30.9 Å². The second-order valence-corrected chi connectivity index (χ2v) is 9.30. The third-order valence-corrected chi connectivity index (χ3v) is 7.06. The normalized spacial score (nSPS) is 18.6. The highest BCUT2D eigenvalue weighted by molar-refractivity contribution is 6.01. The van der Waals surface area contributed by atoms with Crippen LogP contribution in [-0.2, 0) is 22.6 Å². The molecule has 2 amide bonds. The Morgan fingerprint density at radius 1 is 1.03 bits per heavy atom. The van der Waals surface area contributed by atoms with Crippen LogP contribution in [0.3, 0.4) is 0 Å². The van der Waals surface area contributed by atoms with Crippen molar-refractivity contribution in [3.63, 3.8) is 0 Å². The molecular formula is C28H32ClN3O2. The molecule has 2 N–H and O–H groups in total. The Morgan fingerprint density at radius 2 is 1.76 bits per heavy atom. The van der Waals surface area contributed by atoms with Crippen molar-refractivity contribution in [3.05, 3.63) is 77.4 Å². The van der Waals surface area contributed by atoms with Crippen LogP contribution >= 0.6 is 12.4 Å². The Bertz CT molecular complexity index is 1200. The third kappa shape index (κ3) is 4.68. The van der Waals surface area contributed by atoms with Gasteiger partial charge in [0.1, 0.15) is 6.04 Å². The van der Waals surface area contributed by atoms with Crippen LogP contribution < -0.4 is 15.5 Å². The molecule has 0 spiro atoms. The molecule has 2 aliphatic rings. The van der Waals surface area contributed by atoms with Gasteiger partial charge in [-0.05, 0) is 79.1 Å². The first-order chi connectivity index (χ1) is 16.1. The highest BCUT2D eigenvalue weighted by Gasteiger charge is 2.33. The van der Waals surface area contributed by atoms with Gasteiger partial charge in [-0.25, -0.2) is 0 Å². The maximum atomic E-state index is 13.8. The number of aryl methyl sites for hydroxylation is 1. The summed E-state index contributed by atoms with van der Waals surface area (Å²) in [4.78, 5) is 28.3. The molecule has 0 unspecified atom stereocenters. The molecule has 6 heteroatoms. The number of carbonyl (C=O) groups is 2. The molecule has 1 aliphatic heterocycles.